The molecule has 15 heavy (non-hydrogen) atoms. The number of pyridine rings is 1. The van der Waals surface area contributed by atoms with Crippen molar-refractivity contribution in [3.8, 4) is 6.07 Å². The van der Waals surface area contributed by atoms with Gasteiger partial charge in [-0.05, 0) is 24.7 Å². The normalized spacial score (nSPS) is 10.7. The van der Waals surface area contributed by atoms with Crippen molar-refractivity contribution in [3.63, 3.8) is 0 Å². The van der Waals surface area contributed by atoms with Crippen LogP contribution in [0.25, 0.3) is 0 Å². The van der Waals surface area contributed by atoms with Crippen molar-refractivity contribution in [2.75, 3.05) is 13.6 Å². The molecular weight excluding hydrogens is 200 g/mol. The second-order valence-electron chi connectivity index (χ2n) is 3.25. The molecule has 0 fully saturated rings. The Balaban J connectivity index is 2.60. The highest BCUT2D eigenvalue weighted by molar-refractivity contribution is 5.25. The Bertz CT molecular complexity index is 360. The molecule has 0 bridgehead atoms. The van der Waals surface area contributed by atoms with Crippen molar-refractivity contribution in [3.05, 3.63) is 29.6 Å². The van der Waals surface area contributed by atoms with Gasteiger partial charge in [-0.2, -0.15) is 5.26 Å². The molecule has 0 spiro atoms. The number of hydrogen-bond acceptors (Lipinski definition) is 3. The van der Waals surface area contributed by atoms with Crippen molar-refractivity contribution in [2.45, 2.75) is 13.0 Å². The molecule has 1 aromatic heterocycles. The average molecular weight is 211 g/mol. The van der Waals surface area contributed by atoms with Gasteiger partial charge >= 0.3 is 0 Å². The number of aromatic nitrogens is 1. The summed E-state index contributed by atoms with van der Waals surface area (Å²) >= 11 is 0. The van der Waals surface area contributed by atoms with Crippen LogP contribution < -0.4 is 0 Å². The molecule has 0 atom stereocenters. The summed E-state index contributed by atoms with van der Waals surface area (Å²) < 4.78 is 24.1. The molecule has 0 aliphatic rings. The molecule has 1 rings (SSSR count). The minimum Gasteiger partial charge on any atom is -0.297 e. The van der Waals surface area contributed by atoms with E-state index in [1.54, 1.807) is 19.2 Å². The van der Waals surface area contributed by atoms with Gasteiger partial charge in [0.15, 0.2) is 0 Å². The number of alkyl halides is 2. The fraction of sp³-hybridized carbons (Fsp3) is 0.400. The number of halogens is 2. The van der Waals surface area contributed by atoms with E-state index >= 15 is 0 Å². The van der Waals surface area contributed by atoms with Crippen LogP contribution in [-0.2, 0) is 6.54 Å². The third-order valence-corrected chi connectivity index (χ3v) is 1.84. The highest BCUT2D eigenvalue weighted by Crippen LogP contribution is 2.05. The molecular formula is C10H11F2N3. The lowest BCUT2D eigenvalue weighted by Gasteiger charge is -2.15. The Labute approximate surface area is 87.0 Å². The summed E-state index contributed by atoms with van der Waals surface area (Å²) in [5.41, 5.74) is 1.11. The Morgan fingerprint density at radius 1 is 1.60 bits per heavy atom. The summed E-state index contributed by atoms with van der Waals surface area (Å²) in [6.07, 6.45) is -0.836. The second-order valence-corrected chi connectivity index (χ2v) is 3.25. The van der Waals surface area contributed by atoms with Gasteiger partial charge in [-0.3, -0.25) is 4.90 Å². The van der Waals surface area contributed by atoms with Crippen LogP contribution >= 0.6 is 0 Å². The SMILES string of the molecule is CN(Cc1ccnc(C#N)c1)CC(F)F. The predicted octanol–water partition coefficient (Wildman–Crippen LogP) is 1.65. The van der Waals surface area contributed by atoms with Crippen molar-refractivity contribution in [1.29, 1.82) is 5.26 Å². The molecule has 0 saturated heterocycles. The quantitative estimate of drug-likeness (QED) is 0.760. The van der Waals surface area contributed by atoms with Gasteiger partial charge < -0.3 is 0 Å². The van der Waals surface area contributed by atoms with Crippen molar-refractivity contribution < 1.29 is 8.78 Å². The zero-order chi connectivity index (χ0) is 11.3. The van der Waals surface area contributed by atoms with Gasteiger partial charge in [0.1, 0.15) is 11.8 Å². The molecule has 0 N–H and O–H groups in total. The molecule has 0 saturated carbocycles. The van der Waals surface area contributed by atoms with E-state index in [1.165, 1.54) is 11.1 Å². The highest BCUT2D eigenvalue weighted by Gasteiger charge is 2.08. The summed E-state index contributed by atoms with van der Waals surface area (Å²) in [6, 6.07) is 5.21. The maximum atomic E-state index is 12.0. The topological polar surface area (TPSA) is 39.9 Å². The molecule has 0 aromatic carbocycles. The number of nitriles is 1. The highest BCUT2D eigenvalue weighted by atomic mass is 19.3. The maximum Gasteiger partial charge on any atom is 0.251 e. The van der Waals surface area contributed by atoms with Gasteiger partial charge in [0.05, 0.1) is 6.54 Å². The summed E-state index contributed by atoms with van der Waals surface area (Å²) in [7, 11) is 1.61. The van der Waals surface area contributed by atoms with Crippen LogP contribution in [0.3, 0.4) is 0 Å². The van der Waals surface area contributed by atoms with E-state index < -0.39 is 6.43 Å². The van der Waals surface area contributed by atoms with E-state index in [1.807, 2.05) is 6.07 Å². The minimum absolute atomic E-state index is 0.274. The third-order valence-electron chi connectivity index (χ3n) is 1.84. The summed E-state index contributed by atoms with van der Waals surface area (Å²) in [5.74, 6) is 0. The molecule has 80 valence electrons. The fourth-order valence-corrected chi connectivity index (χ4v) is 1.25. The lowest BCUT2D eigenvalue weighted by atomic mass is 10.2. The van der Waals surface area contributed by atoms with Gasteiger partial charge in [-0.15, -0.1) is 0 Å². The minimum atomic E-state index is -2.34. The fourth-order valence-electron chi connectivity index (χ4n) is 1.25. The molecule has 1 heterocycles. The van der Waals surface area contributed by atoms with Crippen LogP contribution in [0.4, 0.5) is 8.78 Å². The van der Waals surface area contributed by atoms with Gasteiger partial charge in [-0.1, -0.05) is 0 Å². The van der Waals surface area contributed by atoms with Crippen molar-refractivity contribution in [1.82, 2.24) is 9.88 Å². The maximum absolute atomic E-state index is 12.0. The summed E-state index contributed by atoms with van der Waals surface area (Å²) in [5, 5.41) is 8.60. The van der Waals surface area contributed by atoms with E-state index in [-0.39, 0.29) is 6.54 Å². The molecule has 3 nitrogen and oxygen atoms in total. The summed E-state index contributed by atoms with van der Waals surface area (Å²) in [4.78, 5) is 5.30. The first kappa shape index (κ1) is 11.5. The van der Waals surface area contributed by atoms with E-state index in [4.69, 9.17) is 5.26 Å². The van der Waals surface area contributed by atoms with Crippen LogP contribution in [0.1, 0.15) is 11.3 Å². The molecule has 0 unspecified atom stereocenters. The standard InChI is InChI=1S/C10H11F2N3/c1-15(7-10(11)12)6-8-2-3-14-9(4-8)5-13/h2-4,10H,6-7H2,1H3. The largest absolute Gasteiger partial charge is 0.297 e. The average Bonchev–Trinajstić information content (AvgIpc) is 2.16. The molecule has 0 radical (unpaired) electrons. The van der Waals surface area contributed by atoms with E-state index in [0.29, 0.717) is 12.2 Å². The van der Waals surface area contributed by atoms with Gasteiger partial charge in [0.25, 0.3) is 6.43 Å². The Kier molecular flexibility index (Phi) is 4.13. The lowest BCUT2D eigenvalue weighted by molar-refractivity contribution is 0.0975. The van der Waals surface area contributed by atoms with Gasteiger partial charge in [0.2, 0.25) is 0 Å². The van der Waals surface area contributed by atoms with E-state index in [0.717, 1.165) is 5.56 Å². The Hall–Kier alpha value is -1.54. The third kappa shape index (κ3) is 4.00. The Morgan fingerprint density at radius 3 is 2.93 bits per heavy atom. The van der Waals surface area contributed by atoms with Crippen molar-refractivity contribution >= 4 is 0 Å². The van der Waals surface area contributed by atoms with E-state index in [2.05, 4.69) is 4.98 Å². The summed E-state index contributed by atoms with van der Waals surface area (Å²) in [6.45, 7) is 0.117. The van der Waals surface area contributed by atoms with Gasteiger partial charge in [0, 0.05) is 12.7 Å². The van der Waals surface area contributed by atoms with Crippen LogP contribution in [0.2, 0.25) is 0 Å². The first-order valence-electron chi connectivity index (χ1n) is 4.43. The lowest BCUT2D eigenvalue weighted by Crippen LogP contribution is -2.24. The molecule has 0 aliphatic heterocycles. The predicted molar refractivity (Wildman–Crippen MR) is 51.3 cm³/mol. The smallest absolute Gasteiger partial charge is 0.251 e. The Morgan fingerprint density at radius 2 is 2.33 bits per heavy atom. The number of rotatable bonds is 4. The molecule has 1 aromatic rings. The van der Waals surface area contributed by atoms with E-state index in [9.17, 15) is 8.78 Å². The van der Waals surface area contributed by atoms with Crippen LogP contribution in [-0.4, -0.2) is 29.9 Å². The van der Waals surface area contributed by atoms with Crippen LogP contribution in [0, 0.1) is 11.3 Å². The number of nitrogens with zero attached hydrogens (tertiary/aromatic N) is 3. The van der Waals surface area contributed by atoms with Crippen molar-refractivity contribution in [2.24, 2.45) is 0 Å². The number of hydrogen-bond donors (Lipinski definition) is 0. The zero-order valence-corrected chi connectivity index (χ0v) is 8.32. The van der Waals surface area contributed by atoms with Crippen LogP contribution in [0.15, 0.2) is 18.3 Å². The zero-order valence-electron chi connectivity index (χ0n) is 8.32. The first-order valence-corrected chi connectivity index (χ1v) is 4.43. The van der Waals surface area contributed by atoms with Gasteiger partial charge in [-0.25, -0.2) is 13.8 Å². The molecule has 5 heteroatoms. The van der Waals surface area contributed by atoms with Crippen LogP contribution in [0.5, 0.6) is 0 Å². The molecule has 0 aliphatic carbocycles. The first-order chi connectivity index (χ1) is 7.11. The molecule has 0 amide bonds. The second kappa shape index (κ2) is 5.37. The monoisotopic (exact) mass is 211 g/mol.